The van der Waals surface area contributed by atoms with Crippen molar-refractivity contribution in [1.29, 1.82) is 0 Å². The molecule has 0 radical (unpaired) electrons. The van der Waals surface area contributed by atoms with E-state index in [1.807, 2.05) is 0 Å². The molecule has 1 aliphatic heterocycles. The number of non-ortho nitro benzene ring substituents is 1. The van der Waals surface area contributed by atoms with Crippen LogP contribution < -0.4 is 0 Å². The predicted molar refractivity (Wildman–Crippen MR) is 121 cm³/mol. The lowest BCUT2D eigenvalue weighted by molar-refractivity contribution is -0.384. The van der Waals surface area contributed by atoms with Crippen LogP contribution in [0.15, 0.2) is 60.2 Å². The Kier molecular flexibility index (Phi) is 7.37. The third-order valence-corrected chi connectivity index (χ3v) is 5.75. The second kappa shape index (κ2) is 10.2. The molecule has 1 aliphatic rings. The van der Waals surface area contributed by atoms with Crippen molar-refractivity contribution in [3.05, 3.63) is 81.4 Å². The summed E-state index contributed by atoms with van der Waals surface area (Å²) < 4.78 is 0. The molecule has 0 saturated carbocycles. The zero-order valence-electron chi connectivity index (χ0n) is 18.2. The molecule has 1 amide bonds. The number of benzene rings is 2. The average molecular weight is 437 g/mol. The molecule has 0 aromatic heterocycles. The first-order valence-corrected chi connectivity index (χ1v) is 10.7. The fraction of sp³-hybridized carbons (Fsp3) is 0.333. The van der Waals surface area contributed by atoms with E-state index in [0.29, 0.717) is 24.1 Å². The number of Topliss-reactive ketones (excluding diaryl/α,β-unsaturated/α-hetero) is 1. The number of hydrogen-bond donors (Lipinski definition) is 1. The minimum atomic E-state index is -0.896. The molecular formula is C24H27N3O5. The Balaban J connectivity index is 2.06. The standard InChI is InChI=1S/C24H27N3O5/c1-3-25(4-2)14-9-15-26-21(18-12-8-13-19(16-18)27(31)32)20(23(29)24(26)30)22(28)17-10-6-5-7-11-17/h5-8,10-13,16,21,28H,3-4,9,14-15H2,1-2H3/b22-20-. The maximum absolute atomic E-state index is 13.0. The fourth-order valence-electron chi connectivity index (χ4n) is 4.02. The van der Waals surface area contributed by atoms with Crippen LogP contribution in [0.3, 0.4) is 0 Å². The number of rotatable bonds is 9. The average Bonchev–Trinajstić information content (AvgIpc) is 3.07. The molecule has 0 spiro atoms. The Labute approximate surface area is 186 Å². The number of nitro benzene ring substituents is 1. The summed E-state index contributed by atoms with van der Waals surface area (Å²) in [5, 5.41) is 22.3. The lowest BCUT2D eigenvalue weighted by atomic mass is 9.95. The van der Waals surface area contributed by atoms with E-state index in [1.165, 1.54) is 23.1 Å². The summed E-state index contributed by atoms with van der Waals surface area (Å²) in [6.07, 6.45) is 0.630. The molecule has 8 nitrogen and oxygen atoms in total. The van der Waals surface area contributed by atoms with Crippen LogP contribution in [0.1, 0.15) is 37.4 Å². The highest BCUT2D eigenvalue weighted by Crippen LogP contribution is 2.40. The van der Waals surface area contributed by atoms with E-state index >= 15 is 0 Å². The van der Waals surface area contributed by atoms with Gasteiger partial charge in [0.05, 0.1) is 16.5 Å². The summed E-state index contributed by atoms with van der Waals surface area (Å²) in [6, 6.07) is 13.5. The van der Waals surface area contributed by atoms with Gasteiger partial charge in [-0.2, -0.15) is 0 Å². The van der Waals surface area contributed by atoms with Gasteiger partial charge in [-0.1, -0.05) is 56.3 Å². The van der Waals surface area contributed by atoms with Gasteiger partial charge in [-0.3, -0.25) is 19.7 Å². The minimum absolute atomic E-state index is 0.0514. The highest BCUT2D eigenvalue weighted by atomic mass is 16.6. The van der Waals surface area contributed by atoms with Crippen molar-refractivity contribution in [2.24, 2.45) is 0 Å². The Morgan fingerprint density at radius 1 is 1.09 bits per heavy atom. The second-order valence-electron chi connectivity index (χ2n) is 7.59. The van der Waals surface area contributed by atoms with Crippen LogP contribution in [0.25, 0.3) is 5.76 Å². The molecule has 2 aromatic carbocycles. The molecule has 1 unspecified atom stereocenters. The summed E-state index contributed by atoms with van der Waals surface area (Å²) in [5.41, 5.74) is 0.628. The Morgan fingerprint density at radius 3 is 2.41 bits per heavy atom. The van der Waals surface area contributed by atoms with Gasteiger partial charge in [-0.15, -0.1) is 0 Å². The summed E-state index contributed by atoms with van der Waals surface area (Å²) in [5.74, 6) is -1.78. The summed E-state index contributed by atoms with van der Waals surface area (Å²) >= 11 is 0. The van der Waals surface area contributed by atoms with E-state index in [9.17, 15) is 24.8 Å². The number of nitrogens with zero attached hydrogens (tertiary/aromatic N) is 3. The number of hydrogen-bond acceptors (Lipinski definition) is 6. The molecule has 1 fully saturated rings. The largest absolute Gasteiger partial charge is 0.507 e. The Morgan fingerprint density at radius 2 is 1.78 bits per heavy atom. The maximum Gasteiger partial charge on any atom is 0.295 e. The summed E-state index contributed by atoms with van der Waals surface area (Å²) in [7, 11) is 0. The Bertz CT molecular complexity index is 1030. The molecule has 168 valence electrons. The fourth-order valence-corrected chi connectivity index (χ4v) is 4.02. The van der Waals surface area contributed by atoms with Crippen molar-refractivity contribution in [1.82, 2.24) is 9.80 Å². The van der Waals surface area contributed by atoms with Gasteiger partial charge in [0.2, 0.25) is 0 Å². The maximum atomic E-state index is 13.0. The van der Waals surface area contributed by atoms with Gasteiger partial charge in [0.25, 0.3) is 17.4 Å². The van der Waals surface area contributed by atoms with Crippen LogP contribution in [-0.2, 0) is 9.59 Å². The molecule has 8 heteroatoms. The smallest absolute Gasteiger partial charge is 0.295 e. The monoisotopic (exact) mass is 437 g/mol. The van der Waals surface area contributed by atoms with Crippen LogP contribution in [0.2, 0.25) is 0 Å². The molecule has 0 bridgehead atoms. The van der Waals surface area contributed by atoms with Crippen LogP contribution in [-0.4, -0.2) is 57.7 Å². The van der Waals surface area contributed by atoms with Gasteiger partial charge in [0.15, 0.2) is 0 Å². The molecule has 1 heterocycles. The van der Waals surface area contributed by atoms with E-state index < -0.39 is 22.7 Å². The van der Waals surface area contributed by atoms with E-state index in [-0.39, 0.29) is 17.0 Å². The van der Waals surface area contributed by atoms with Gasteiger partial charge in [-0.25, -0.2) is 0 Å². The first kappa shape index (κ1) is 23.1. The van der Waals surface area contributed by atoms with E-state index in [4.69, 9.17) is 0 Å². The van der Waals surface area contributed by atoms with E-state index in [0.717, 1.165) is 19.6 Å². The van der Waals surface area contributed by atoms with Gasteiger partial charge in [-0.05, 0) is 31.6 Å². The minimum Gasteiger partial charge on any atom is -0.507 e. The van der Waals surface area contributed by atoms with Gasteiger partial charge in [0, 0.05) is 24.2 Å². The number of aliphatic hydroxyl groups excluding tert-OH is 1. The SMILES string of the molecule is CCN(CC)CCCN1C(=O)C(=O)/C(=C(\O)c2ccccc2)C1c1cccc([N+](=O)[O-])c1. The molecule has 0 aliphatic carbocycles. The van der Waals surface area contributed by atoms with Gasteiger partial charge < -0.3 is 14.9 Å². The van der Waals surface area contributed by atoms with Crippen LogP contribution >= 0.6 is 0 Å². The first-order valence-electron chi connectivity index (χ1n) is 10.7. The zero-order valence-corrected chi connectivity index (χ0v) is 18.2. The number of amides is 1. The molecule has 32 heavy (non-hydrogen) atoms. The number of nitro groups is 1. The third kappa shape index (κ3) is 4.70. The topological polar surface area (TPSA) is 104 Å². The number of carbonyl (C=O) groups is 2. The van der Waals surface area contributed by atoms with Crippen LogP contribution in [0.5, 0.6) is 0 Å². The van der Waals surface area contributed by atoms with Crippen molar-refractivity contribution < 1.29 is 19.6 Å². The zero-order chi connectivity index (χ0) is 23.3. The number of ketones is 1. The molecule has 2 aromatic rings. The van der Waals surface area contributed by atoms with E-state index in [2.05, 4.69) is 18.7 Å². The third-order valence-electron chi connectivity index (χ3n) is 5.75. The number of likely N-dealkylation sites (tertiary alicyclic amines) is 1. The number of aliphatic hydroxyl groups is 1. The summed E-state index contributed by atoms with van der Waals surface area (Å²) in [4.78, 5) is 40.4. The summed E-state index contributed by atoms with van der Waals surface area (Å²) in [6.45, 7) is 6.89. The lowest BCUT2D eigenvalue weighted by Gasteiger charge is -2.26. The van der Waals surface area contributed by atoms with E-state index in [1.54, 1.807) is 36.4 Å². The van der Waals surface area contributed by atoms with Crippen molar-refractivity contribution in [2.45, 2.75) is 26.3 Å². The highest BCUT2D eigenvalue weighted by molar-refractivity contribution is 6.46. The first-order chi connectivity index (χ1) is 15.4. The van der Waals surface area contributed by atoms with Gasteiger partial charge in [0.1, 0.15) is 5.76 Å². The molecule has 1 saturated heterocycles. The highest BCUT2D eigenvalue weighted by Gasteiger charge is 2.46. The van der Waals surface area contributed by atoms with Crippen LogP contribution in [0, 0.1) is 10.1 Å². The molecule has 1 atom stereocenters. The number of carbonyl (C=O) groups excluding carboxylic acids is 2. The van der Waals surface area contributed by atoms with Crippen molar-refractivity contribution in [3.8, 4) is 0 Å². The lowest BCUT2D eigenvalue weighted by Crippen LogP contribution is -2.33. The quantitative estimate of drug-likeness (QED) is 0.211. The van der Waals surface area contributed by atoms with Crippen molar-refractivity contribution in [2.75, 3.05) is 26.2 Å². The van der Waals surface area contributed by atoms with Gasteiger partial charge >= 0.3 is 0 Å². The van der Waals surface area contributed by atoms with Crippen LogP contribution in [0.4, 0.5) is 5.69 Å². The van der Waals surface area contributed by atoms with Crippen molar-refractivity contribution >= 4 is 23.1 Å². The second-order valence-corrected chi connectivity index (χ2v) is 7.59. The Hall–Kier alpha value is -3.52. The van der Waals surface area contributed by atoms with Crippen molar-refractivity contribution in [3.63, 3.8) is 0 Å². The molecule has 3 rings (SSSR count). The normalized spacial score (nSPS) is 17.8. The predicted octanol–water partition coefficient (Wildman–Crippen LogP) is 3.75. The molecular weight excluding hydrogens is 410 g/mol. The molecule has 1 N–H and O–H groups in total.